The Labute approximate surface area is 110 Å². The lowest BCUT2D eigenvalue weighted by Crippen LogP contribution is -2.42. The molecule has 0 saturated heterocycles. The van der Waals surface area contributed by atoms with Gasteiger partial charge in [-0.2, -0.15) is 4.72 Å². The lowest BCUT2D eigenvalue weighted by Gasteiger charge is -2.11. The lowest BCUT2D eigenvalue weighted by molar-refractivity contribution is -0.119. The van der Waals surface area contributed by atoms with Gasteiger partial charge in [0.25, 0.3) is 0 Å². The summed E-state index contributed by atoms with van der Waals surface area (Å²) in [4.78, 5) is 10.4. The van der Waals surface area contributed by atoms with Gasteiger partial charge in [0.05, 0.1) is 15.8 Å². The van der Waals surface area contributed by atoms with Crippen molar-refractivity contribution in [3.05, 3.63) is 24.3 Å². The maximum atomic E-state index is 11.8. The smallest absolute Gasteiger partial charge is 0.241 e. The average molecular weight is 307 g/mol. The molecule has 1 amide bonds. The second kappa shape index (κ2) is 5.25. The number of benzene rings is 1. The quantitative estimate of drug-likeness (QED) is 0.604. The third kappa shape index (κ3) is 3.99. The van der Waals surface area contributed by atoms with Crippen molar-refractivity contribution in [1.82, 2.24) is 4.72 Å². The summed E-state index contributed by atoms with van der Waals surface area (Å²) in [6, 6.07) is 3.16. The highest BCUT2D eigenvalue weighted by Gasteiger charge is 2.20. The van der Waals surface area contributed by atoms with Crippen LogP contribution < -0.4 is 15.6 Å². The number of sulfonamides is 2. The highest BCUT2D eigenvalue weighted by Crippen LogP contribution is 2.13. The molecule has 8 nitrogen and oxygen atoms in total. The molecule has 0 saturated carbocycles. The van der Waals surface area contributed by atoms with E-state index in [0.29, 0.717) is 0 Å². The monoisotopic (exact) mass is 307 g/mol. The number of rotatable bonds is 5. The van der Waals surface area contributed by atoms with Crippen molar-refractivity contribution >= 4 is 26.0 Å². The van der Waals surface area contributed by atoms with Crippen LogP contribution in [0.4, 0.5) is 0 Å². The molecule has 0 bridgehead atoms. The Hall–Kier alpha value is -1.49. The van der Waals surface area contributed by atoms with Gasteiger partial charge in [-0.1, -0.05) is 0 Å². The van der Waals surface area contributed by atoms with Gasteiger partial charge in [0.15, 0.2) is 0 Å². The van der Waals surface area contributed by atoms with Crippen LogP contribution in [-0.4, -0.2) is 28.8 Å². The fourth-order valence-corrected chi connectivity index (χ4v) is 2.89. The molecule has 1 rings (SSSR count). The molecule has 1 aromatic rings. The minimum Gasteiger partial charge on any atom is -0.368 e. The third-order valence-corrected chi connectivity index (χ3v) is 4.71. The maximum absolute atomic E-state index is 11.8. The molecule has 0 aromatic heterocycles. The summed E-state index contributed by atoms with van der Waals surface area (Å²) in [6.45, 7) is 1.29. The molecule has 5 N–H and O–H groups in total. The second-order valence-electron chi connectivity index (χ2n) is 3.76. The number of carbonyl (C=O) groups excluding carboxylic acids is 1. The molecule has 0 radical (unpaired) electrons. The van der Waals surface area contributed by atoms with Crippen molar-refractivity contribution < 1.29 is 21.6 Å². The van der Waals surface area contributed by atoms with Crippen molar-refractivity contribution in [2.75, 3.05) is 0 Å². The fraction of sp³-hybridized carbons (Fsp3) is 0.222. The Morgan fingerprint density at radius 3 is 1.89 bits per heavy atom. The van der Waals surface area contributed by atoms with Gasteiger partial charge in [0.1, 0.15) is 0 Å². The molecule has 0 spiro atoms. The van der Waals surface area contributed by atoms with Gasteiger partial charge in [-0.15, -0.1) is 0 Å². The average Bonchev–Trinajstić information content (AvgIpc) is 2.27. The fourth-order valence-electron chi connectivity index (χ4n) is 1.17. The van der Waals surface area contributed by atoms with Crippen LogP contribution in [0.25, 0.3) is 0 Å². The van der Waals surface area contributed by atoms with E-state index in [1.54, 1.807) is 0 Å². The normalized spacial score (nSPS) is 14.0. The highest BCUT2D eigenvalue weighted by atomic mass is 32.2. The first kappa shape index (κ1) is 15.6. The van der Waals surface area contributed by atoms with E-state index >= 15 is 0 Å². The zero-order valence-electron chi connectivity index (χ0n) is 9.90. The van der Waals surface area contributed by atoms with E-state index in [1.807, 2.05) is 4.72 Å². The summed E-state index contributed by atoms with van der Waals surface area (Å²) < 4.78 is 47.7. The van der Waals surface area contributed by atoms with E-state index in [-0.39, 0.29) is 9.79 Å². The minimum atomic E-state index is -3.95. The molecular formula is C9H13N3O5S2. The third-order valence-electron chi connectivity index (χ3n) is 2.22. The van der Waals surface area contributed by atoms with Crippen LogP contribution in [-0.2, 0) is 24.8 Å². The number of carbonyl (C=O) groups is 1. The van der Waals surface area contributed by atoms with E-state index in [1.165, 1.54) is 6.92 Å². The summed E-state index contributed by atoms with van der Waals surface area (Å²) >= 11 is 0. The van der Waals surface area contributed by atoms with E-state index in [2.05, 4.69) is 0 Å². The minimum absolute atomic E-state index is 0.201. The Kier molecular flexibility index (Phi) is 4.30. The predicted octanol–water partition coefficient (Wildman–Crippen LogP) is -1.51. The summed E-state index contributed by atoms with van der Waals surface area (Å²) in [7, 11) is -7.84. The summed E-state index contributed by atoms with van der Waals surface area (Å²) in [6.07, 6.45) is 0. The van der Waals surface area contributed by atoms with E-state index < -0.39 is 32.0 Å². The molecule has 106 valence electrons. The standard InChI is InChI=1S/C9H13N3O5S2/c1-6(9(10)13)12-19(16,17)8-4-2-7(3-5-8)18(11,14)15/h2-6,12H,1H3,(H2,10,13)(H2,11,14,15)/t6-/m1/s1. The van der Waals surface area contributed by atoms with Crippen molar-refractivity contribution in [3.63, 3.8) is 0 Å². The first-order chi connectivity index (χ1) is 8.54. The van der Waals surface area contributed by atoms with Gasteiger partial charge < -0.3 is 5.73 Å². The molecule has 0 unspecified atom stereocenters. The first-order valence-electron chi connectivity index (χ1n) is 4.98. The Morgan fingerprint density at radius 2 is 1.53 bits per heavy atom. The number of nitrogens with two attached hydrogens (primary N) is 2. The van der Waals surface area contributed by atoms with Gasteiger partial charge >= 0.3 is 0 Å². The zero-order chi connectivity index (χ0) is 14.8. The molecule has 0 aliphatic heterocycles. The molecule has 0 heterocycles. The van der Waals surface area contributed by atoms with Crippen LogP contribution >= 0.6 is 0 Å². The van der Waals surface area contributed by atoms with E-state index in [4.69, 9.17) is 10.9 Å². The molecule has 0 fully saturated rings. The SMILES string of the molecule is C[C@@H](NS(=O)(=O)c1ccc(S(N)(=O)=O)cc1)C(N)=O. The van der Waals surface area contributed by atoms with Crippen LogP contribution in [0.3, 0.4) is 0 Å². The van der Waals surface area contributed by atoms with E-state index in [0.717, 1.165) is 24.3 Å². The number of hydrogen-bond acceptors (Lipinski definition) is 5. The lowest BCUT2D eigenvalue weighted by atomic mass is 10.4. The van der Waals surface area contributed by atoms with Gasteiger partial charge in [0.2, 0.25) is 26.0 Å². The molecule has 0 aliphatic carbocycles. The molecule has 1 atom stereocenters. The number of nitrogens with one attached hydrogen (secondary N) is 1. The maximum Gasteiger partial charge on any atom is 0.241 e. The van der Waals surface area contributed by atoms with Crippen LogP contribution in [0.15, 0.2) is 34.1 Å². The van der Waals surface area contributed by atoms with Crippen molar-refractivity contribution in [3.8, 4) is 0 Å². The highest BCUT2D eigenvalue weighted by molar-refractivity contribution is 7.89. The Balaban J connectivity index is 3.07. The predicted molar refractivity (Wildman–Crippen MR) is 66.8 cm³/mol. The number of primary sulfonamides is 1. The van der Waals surface area contributed by atoms with Crippen LogP contribution in [0.2, 0.25) is 0 Å². The molecule has 1 aromatic carbocycles. The summed E-state index contributed by atoms with van der Waals surface area (Å²) in [5.74, 6) is -0.829. The largest absolute Gasteiger partial charge is 0.368 e. The number of hydrogen-bond donors (Lipinski definition) is 3. The second-order valence-corrected chi connectivity index (χ2v) is 7.04. The van der Waals surface area contributed by atoms with Crippen LogP contribution in [0.1, 0.15) is 6.92 Å². The van der Waals surface area contributed by atoms with Gasteiger partial charge in [-0.3, -0.25) is 4.79 Å². The van der Waals surface area contributed by atoms with Crippen molar-refractivity contribution in [1.29, 1.82) is 0 Å². The van der Waals surface area contributed by atoms with Crippen LogP contribution in [0.5, 0.6) is 0 Å². The molecular weight excluding hydrogens is 294 g/mol. The number of amides is 1. The van der Waals surface area contributed by atoms with Gasteiger partial charge in [0, 0.05) is 0 Å². The zero-order valence-corrected chi connectivity index (χ0v) is 11.5. The summed E-state index contributed by atoms with van der Waals surface area (Å²) in [5.41, 5.74) is 4.94. The van der Waals surface area contributed by atoms with Gasteiger partial charge in [-0.05, 0) is 31.2 Å². The van der Waals surface area contributed by atoms with Crippen molar-refractivity contribution in [2.24, 2.45) is 10.9 Å². The van der Waals surface area contributed by atoms with Crippen molar-refractivity contribution in [2.45, 2.75) is 22.8 Å². The van der Waals surface area contributed by atoms with E-state index in [9.17, 15) is 21.6 Å². The van der Waals surface area contributed by atoms with Gasteiger partial charge in [-0.25, -0.2) is 22.0 Å². The Morgan fingerprint density at radius 1 is 1.11 bits per heavy atom. The number of primary amides is 1. The Bertz CT molecular complexity index is 679. The first-order valence-corrected chi connectivity index (χ1v) is 8.01. The van der Waals surface area contributed by atoms with Crippen LogP contribution in [0, 0.1) is 0 Å². The summed E-state index contributed by atoms with van der Waals surface area (Å²) in [5, 5.41) is 4.88. The molecule has 19 heavy (non-hydrogen) atoms. The molecule has 10 heteroatoms. The topological polar surface area (TPSA) is 149 Å². The molecule has 0 aliphatic rings.